The van der Waals surface area contributed by atoms with Gasteiger partial charge in [0.2, 0.25) is 5.95 Å². The normalized spacial score (nSPS) is 10.4. The molecule has 2 aromatic carbocycles. The van der Waals surface area contributed by atoms with Gasteiger partial charge in [-0.2, -0.15) is 0 Å². The molecule has 0 saturated heterocycles. The van der Waals surface area contributed by atoms with Crippen LogP contribution in [0, 0.1) is 19.7 Å². The van der Waals surface area contributed by atoms with Gasteiger partial charge in [-0.05, 0) is 37.1 Å². The fourth-order valence-corrected chi connectivity index (χ4v) is 2.58. The largest absolute Gasteiger partial charge is 0.350 e. The van der Waals surface area contributed by atoms with Crippen LogP contribution in [0.25, 0.3) is 0 Å². The highest BCUT2D eigenvalue weighted by Crippen LogP contribution is 2.20. The average molecular weight is 350 g/mol. The van der Waals surface area contributed by atoms with E-state index in [9.17, 15) is 9.18 Å². The van der Waals surface area contributed by atoms with Gasteiger partial charge in [-0.25, -0.2) is 14.4 Å². The lowest BCUT2D eigenvalue weighted by atomic mass is 10.1. The van der Waals surface area contributed by atoms with E-state index in [1.165, 1.54) is 18.3 Å². The van der Waals surface area contributed by atoms with Crippen LogP contribution < -0.4 is 10.6 Å². The van der Waals surface area contributed by atoms with Gasteiger partial charge in [0, 0.05) is 24.0 Å². The minimum atomic E-state index is -0.321. The first-order chi connectivity index (χ1) is 12.5. The first-order valence-electron chi connectivity index (χ1n) is 8.22. The second-order valence-corrected chi connectivity index (χ2v) is 5.93. The van der Waals surface area contributed by atoms with E-state index in [1.807, 2.05) is 32.0 Å². The standard InChI is InChI=1S/C20H19FN4O/c1-13-6-5-7-14(2)18(13)25-19(26)17-10-11-22-20(24-17)23-12-15-8-3-4-9-16(15)21/h3-11H,12H2,1-2H3,(H,25,26)(H,22,23,24). The second-order valence-electron chi connectivity index (χ2n) is 5.93. The number of hydrogen-bond acceptors (Lipinski definition) is 4. The van der Waals surface area contributed by atoms with E-state index < -0.39 is 0 Å². The van der Waals surface area contributed by atoms with E-state index in [1.54, 1.807) is 18.2 Å². The van der Waals surface area contributed by atoms with E-state index in [0.717, 1.165) is 16.8 Å². The summed E-state index contributed by atoms with van der Waals surface area (Å²) in [6.07, 6.45) is 1.50. The molecule has 3 rings (SSSR count). The molecule has 0 radical (unpaired) electrons. The Labute approximate surface area is 151 Å². The SMILES string of the molecule is Cc1cccc(C)c1NC(=O)c1ccnc(NCc2ccccc2F)n1. The summed E-state index contributed by atoms with van der Waals surface area (Å²) in [6.45, 7) is 4.10. The zero-order valence-electron chi connectivity index (χ0n) is 14.6. The van der Waals surface area contributed by atoms with Crippen LogP contribution >= 0.6 is 0 Å². The summed E-state index contributed by atoms with van der Waals surface area (Å²) < 4.78 is 13.7. The van der Waals surface area contributed by atoms with Crippen LogP contribution in [0.15, 0.2) is 54.7 Å². The Hall–Kier alpha value is -3.28. The van der Waals surface area contributed by atoms with Crippen molar-refractivity contribution in [3.63, 3.8) is 0 Å². The number of anilines is 2. The average Bonchev–Trinajstić information content (AvgIpc) is 2.64. The van der Waals surface area contributed by atoms with Gasteiger partial charge in [0.15, 0.2) is 0 Å². The van der Waals surface area contributed by atoms with Crippen molar-refractivity contribution in [3.8, 4) is 0 Å². The Kier molecular flexibility index (Phi) is 5.22. The first kappa shape index (κ1) is 17.5. The Bertz CT molecular complexity index is 922. The summed E-state index contributed by atoms with van der Waals surface area (Å²) in [5.41, 5.74) is 3.47. The minimum absolute atomic E-state index is 0.231. The molecule has 0 bridgehead atoms. The van der Waals surface area contributed by atoms with Crippen molar-refractivity contribution < 1.29 is 9.18 Å². The summed E-state index contributed by atoms with van der Waals surface area (Å²) in [5, 5.41) is 5.83. The van der Waals surface area contributed by atoms with Crippen molar-refractivity contribution in [1.82, 2.24) is 9.97 Å². The Morgan fingerprint density at radius 1 is 1.04 bits per heavy atom. The molecule has 0 fully saturated rings. The van der Waals surface area contributed by atoms with Gasteiger partial charge >= 0.3 is 0 Å². The van der Waals surface area contributed by atoms with E-state index in [-0.39, 0.29) is 29.9 Å². The summed E-state index contributed by atoms with van der Waals surface area (Å²) in [5.74, 6) is -0.356. The number of para-hydroxylation sites is 1. The molecular formula is C20H19FN4O. The first-order valence-corrected chi connectivity index (χ1v) is 8.22. The molecule has 0 aliphatic heterocycles. The number of aromatic nitrogens is 2. The number of halogens is 1. The topological polar surface area (TPSA) is 66.9 Å². The minimum Gasteiger partial charge on any atom is -0.350 e. The number of benzene rings is 2. The lowest BCUT2D eigenvalue weighted by Gasteiger charge is -2.11. The highest BCUT2D eigenvalue weighted by atomic mass is 19.1. The zero-order valence-corrected chi connectivity index (χ0v) is 14.6. The Morgan fingerprint density at radius 3 is 2.50 bits per heavy atom. The molecule has 1 heterocycles. The lowest BCUT2D eigenvalue weighted by Crippen LogP contribution is -2.16. The van der Waals surface area contributed by atoms with Crippen molar-refractivity contribution in [2.24, 2.45) is 0 Å². The van der Waals surface area contributed by atoms with Crippen molar-refractivity contribution in [3.05, 3.63) is 82.9 Å². The van der Waals surface area contributed by atoms with Gasteiger partial charge in [-0.1, -0.05) is 36.4 Å². The molecule has 1 amide bonds. The van der Waals surface area contributed by atoms with Gasteiger partial charge in [-0.15, -0.1) is 0 Å². The van der Waals surface area contributed by atoms with Gasteiger partial charge < -0.3 is 10.6 Å². The Morgan fingerprint density at radius 2 is 1.77 bits per heavy atom. The molecule has 3 aromatic rings. The highest BCUT2D eigenvalue weighted by molar-refractivity contribution is 6.03. The summed E-state index contributed by atoms with van der Waals surface area (Å²) >= 11 is 0. The molecule has 1 aromatic heterocycles. The maximum atomic E-state index is 13.7. The maximum Gasteiger partial charge on any atom is 0.274 e. The van der Waals surface area contributed by atoms with Crippen LogP contribution in [0.1, 0.15) is 27.2 Å². The highest BCUT2D eigenvalue weighted by Gasteiger charge is 2.12. The molecule has 0 aliphatic carbocycles. The predicted octanol–water partition coefficient (Wildman–Crippen LogP) is 4.10. The van der Waals surface area contributed by atoms with E-state index in [2.05, 4.69) is 20.6 Å². The second kappa shape index (κ2) is 7.74. The van der Waals surface area contributed by atoms with Crippen LogP contribution in [-0.4, -0.2) is 15.9 Å². The van der Waals surface area contributed by atoms with Crippen molar-refractivity contribution >= 4 is 17.5 Å². The zero-order chi connectivity index (χ0) is 18.5. The summed E-state index contributed by atoms with van der Waals surface area (Å²) in [4.78, 5) is 20.8. The third kappa shape index (κ3) is 4.03. The molecule has 0 saturated carbocycles. The summed E-state index contributed by atoms with van der Waals surface area (Å²) in [7, 11) is 0. The number of nitrogens with zero attached hydrogens (tertiary/aromatic N) is 2. The fourth-order valence-electron chi connectivity index (χ4n) is 2.58. The number of hydrogen-bond donors (Lipinski definition) is 2. The Balaban J connectivity index is 1.72. The molecule has 5 nitrogen and oxygen atoms in total. The lowest BCUT2D eigenvalue weighted by molar-refractivity contribution is 0.102. The number of amides is 1. The van der Waals surface area contributed by atoms with Crippen LogP contribution in [0.5, 0.6) is 0 Å². The van der Waals surface area contributed by atoms with Crippen molar-refractivity contribution in [2.75, 3.05) is 10.6 Å². The van der Waals surface area contributed by atoms with Crippen LogP contribution in [0.2, 0.25) is 0 Å². The summed E-state index contributed by atoms with van der Waals surface area (Å²) in [6, 6.07) is 13.8. The fraction of sp³-hybridized carbons (Fsp3) is 0.150. The van der Waals surface area contributed by atoms with Gasteiger partial charge in [0.1, 0.15) is 11.5 Å². The maximum absolute atomic E-state index is 13.7. The molecule has 0 unspecified atom stereocenters. The number of carbonyl (C=O) groups excluding carboxylic acids is 1. The molecule has 6 heteroatoms. The van der Waals surface area contributed by atoms with Gasteiger partial charge in [-0.3, -0.25) is 4.79 Å². The third-order valence-corrected chi connectivity index (χ3v) is 4.00. The van der Waals surface area contributed by atoms with E-state index >= 15 is 0 Å². The molecule has 26 heavy (non-hydrogen) atoms. The van der Waals surface area contributed by atoms with Crippen molar-refractivity contribution in [1.29, 1.82) is 0 Å². The number of nitrogens with one attached hydrogen (secondary N) is 2. The molecule has 132 valence electrons. The monoisotopic (exact) mass is 350 g/mol. The number of rotatable bonds is 5. The molecule has 0 spiro atoms. The number of aryl methyl sites for hydroxylation is 2. The third-order valence-electron chi connectivity index (χ3n) is 4.00. The van der Waals surface area contributed by atoms with Crippen LogP contribution in [0.3, 0.4) is 0 Å². The molecule has 2 N–H and O–H groups in total. The molecule has 0 aliphatic rings. The van der Waals surface area contributed by atoms with Gasteiger partial charge in [0.25, 0.3) is 5.91 Å². The smallest absolute Gasteiger partial charge is 0.274 e. The van der Waals surface area contributed by atoms with Gasteiger partial charge in [0.05, 0.1) is 0 Å². The van der Waals surface area contributed by atoms with Crippen LogP contribution in [0.4, 0.5) is 16.0 Å². The molecular weight excluding hydrogens is 331 g/mol. The van der Waals surface area contributed by atoms with E-state index in [0.29, 0.717) is 5.56 Å². The van der Waals surface area contributed by atoms with Crippen molar-refractivity contribution in [2.45, 2.75) is 20.4 Å². The molecule has 0 atom stereocenters. The number of carbonyl (C=O) groups is 1. The quantitative estimate of drug-likeness (QED) is 0.727. The van der Waals surface area contributed by atoms with E-state index in [4.69, 9.17) is 0 Å². The van der Waals surface area contributed by atoms with Crippen LogP contribution in [-0.2, 0) is 6.54 Å². The predicted molar refractivity (Wildman–Crippen MR) is 99.6 cm³/mol.